The average Bonchev–Trinajstić information content (AvgIpc) is 3.62. The molecule has 3 aromatic carbocycles. The SMILES string of the molecule is C[C@@H](OC(=O)Nc1c(-c2ccc(-c3ccc(C4([C-]=O)CC4)cc3)cc2)nnn1C)c1ccccc1.[Na+].[OH-]. The second-order valence-electron chi connectivity index (χ2n) is 8.83. The van der Waals surface area contributed by atoms with Crippen molar-refractivity contribution in [3.8, 4) is 22.4 Å². The Bertz CT molecular complexity index is 1350. The van der Waals surface area contributed by atoms with E-state index in [-0.39, 0.29) is 35.0 Å². The van der Waals surface area contributed by atoms with E-state index in [1.165, 1.54) is 4.68 Å². The molecule has 1 aliphatic rings. The first-order valence-corrected chi connectivity index (χ1v) is 11.5. The molecule has 4 aromatic rings. The third-order valence-corrected chi connectivity index (χ3v) is 6.47. The summed E-state index contributed by atoms with van der Waals surface area (Å²) in [7, 11) is 1.71. The number of hydrogen-bond donors (Lipinski definition) is 1. The first-order chi connectivity index (χ1) is 17.0. The minimum absolute atomic E-state index is 0. The number of aromatic nitrogens is 3. The van der Waals surface area contributed by atoms with Gasteiger partial charge in [0, 0.05) is 12.6 Å². The molecule has 1 amide bonds. The summed E-state index contributed by atoms with van der Waals surface area (Å²) in [4.78, 5) is 23.8. The predicted octanol–water partition coefficient (Wildman–Crippen LogP) is 2.43. The van der Waals surface area contributed by atoms with Crippen molar-refractivity contribution in [3.05, 3.63) is 90.0 Å². The minimum atomic E-state index is -0.578. The van der Waals surface area contributed by atoms with Crippen molar-refractivity contribution in [1.29, 1.82) is 0 Å². The van der Waals surface area contributed by atoms with Crippen LogP contribution in [0, 0.1) is 0 Å². The van der Waals surface area contributed by atoms with E-state index in [9.17, 15) is 9.59 Å². The number of ether oxygens (including phenoxy) is 1. The van der Waals surface area contributed by atoms with Gasteiger partial charge in [0.2, 0.25) is 0 Å². The van der Waals surface area contributed by atoms with Crippen LogP contribution in [0.25, 0.3) is 22.4 Å². The van der Waals surface area contributed by atoms with E-state index in [1.807, 2.05) is 85.8 Å². The molecule has 0 radical (unpaired) electrons. The normalized spacial score (nSPS) is 13.9. The zero-order valence-electron chi connectivity index (χ0n) is 21.0. The van der Waals surface area contributed by atoms with Crippen molar-refractivity contribution in [3.63, 3.8) is 0 Å². The van der Waals surface area contributed by atoms with E-state index >= 15 is 0 Å². The van der Waals surface area contributed by atoms with Crippen LogP contribution in [0.3, 0.4) is 0 Å². The Morgan fingerprint density at radius 1 is 0.973 bits per heavy atom. The molecule has 0 bridgehead atoms. The molecular formula is C28H26N4NaO4-. The summed E-state index contributed by atoms with van der Waals surface area (Å²) in [6.45, 7) is 1.82. The fraction of sp³-hybridized carbons (Fsp3) is 0.214. The van der Waals surface area contributed by atoms with Gasteiger partial charge in [-0.05, 0) is 23.6 Å². The molecule has 0 spiro atoms. The second kappa shape index (κ2) is 11.8. The molecule has 37 heavy (non-hydrogen) atoms. The fourth-order valence-electron chi connectivity index (χ4n) is 4.15. The first kappa shape index (κ1) is 28.3. The van der Waals surface area contributed by atoms with E-state index < -0.39 is 17.6 Å². The third-order valence-electron chi connectivity index (χ3n) is 6.47. The number of benzene rings is 3. The fourth-order valence-corrected chi connectivity index (χ4v) is 4.15. The molecular weight excluding hydrogens is 479 g/mol. The van der Waals surface area contributed by atoms with E-state index in [2.05, 4.69) is 21.9 Å². The molecule has 5 rings (SSSR count). The number of amides is 1. The number of carbonyl (C=O) groups is 1. The molecule has 0 aliphatic heterocycles. The maximum Gasteiger partial charge on any atom is 1.00 e. The van der Waals surface area contributed by atoms with Gasteiger partial charge in [-0.25, -0.2) is 9.48 Å². The summed E-state index contributed by atoms with van der Waals surface area (Å²) in [5.41, 5.74) is 5.00. The zero-order chi connectivity index (χ0) is 24.4. The molecule has 2 N–H and O–H groups in total. The molecule has 1 fully saturated rings. The van der Waals surface area contributed by atoms with Gasteiger partial charge in [0.05, 0.1) is 0 Å². The van der Waals surface area contributed by atoms with Crippen molar-refractivity contribution in [2.45, 2.75) is 31.3 Å². The largest absolute Gasteiger partial charge is 1.00 e. The number of rotatable bonds is 7. The number of aryl methyl sites for hydroxylation is 1. The van der Waals surface area contributed by atoms with Crippen LogP contribution in [0.5, 0.6) is 0 Å². The van der Waals surface area contributed by atoms with Crippen LogP contribution in [-0.4, -0.2) is 32.8 Å². The Balaban J connectivity index is 0.00000190. The van der Waals surface area contributed by atoms with Crippen molar-refractivity contribution in [2.75, 3.05) is 5.32 Å². The van der Waals surface area contributed by atoms with Gasteiger partial charge in [0.25, 0.3) is 0 Å². The number of nitrogens with one attached hydrogen (secondary N) is 1. The van der Waals surface area contributed by atoms with Gasteiger partial charge in [0.1, 0.15) is 11.8 Å². The van der Waals surface area contributed by atoms with E-state index in [4.69, 9.17) is 4.74 Å². The van der Waals surface area contributed by atoms with Crippen LogP contribution in [0.2, 0.25) is 0 Å². The number of nitrogens with zero attached hydrogens (tertiary/aromatic N) is 3. The Hall–Kier alpha value is -3.30. The molecule has 9 heteroatoms. The number of anilines is 1. The molecule has 0 unspecified atom stereocenters. The van der Waals surface area contributed by atoms with Crippen molar-refractivity contribution in [1.82, 2.24) is 15.0 Å². The van der Waals surface area contributed by atoms with Crippen LogP contribution in [0.1, 0.15) is 37.0 Å². The predicted molar refractivity (Wildman–Crippen MR) is 135 cm³/mol. The van der Waals surface area contributed by atoms with Crippen LogP contribution in [-0.2, 0) is 22.0 Å². The van der Waals surface area contributed by atoms with Crippen molar-refractivity contribution < 1.29 is 49.4 Å². The Labute approximate surface area is 237 Å². The van der Waals surface area contributed by atoms with E-state index in [1.54, 1.807) is 7.05 Å². The molecule has 184 valence electrons. The molecule has 0 saturated heterocycles. The smallest absolute Gasteiger partial charge is 0.870 e. The Morgan fingerprint density at radius 2 is 1.54 bits per heavy atom. The molecule has 1 aliphatic carbocycles. The third kappa shape index (κ3) is 5.99. The summed E-state index contributed by atoms with van der Waals surface area (Å²) >= 11 is 0. The number of carbonyl (C=O) groups excluding carboxylic acids is 2. The average molecular weight is 506 g/mol. The minimum Gasteiger partial charge on any atom is -0.870 e. The van der Waals surface area contributed by atoms with Crippen molar-refractivity contribution in [2.24, 2.45) is 7.05 Å². The van der Waals surface area contributed by atoms with Crippen LogP contribution < -0.4 is 34.9 Å². The van der Waals surface area contributed by atoms with Crippen LogP contribution in [0.15, 0.2) is 78.9 Å². The molecule has 1 saturated carbocycles. The van der Waals surface area contributed by atoms with Gasteiger partial charge in [-0.15, -0.1) is 10.5 Å². The van der Waals surface area contributed by atoms with Gasteiger partial charge >= 0.3 is 35.7 Å². The summed E-state index contributed by atoms with van der Waals surface area (Å²) in [6.07, 6.45) is 2.96. The van der Waals surface area contributed by atoms with Gasteiger partial charge in [-0.1, -0.05) is 102 Å². The molecule has 1 heterocycles. The maximum absolute atomic E-state index is 12.6. The number of hydrogen-bond acceptors (Lipinski definition) is 6. The van der Waals surface area contributed by atoms with Gasteiger partial charge < -0.3 is 15.0 Å². The second-order valence-corrected chi connectivity index (χ2v) is 8.83. The Kier molecular flexibility index (Phi) is 9.04. The van der Waals surface area contributed by atoms with Crippen LogP contribution >= 0.6 is 0 Å². The topological polar surface area (TPSA) is 116 Å². The quantitative estimate of drug-likeness (QED) is 0.305. The van der Waals surface area contributed by atoms with E-state index in [0.717, 1.165) is 40.7 Å². The summed E-state index contributed by atoms with van der Waals surface area (Å²) in [6, 6.07) is 25.5. The van der Waals surface area contributed by atoms with Crippen molar-refractivity contribution >= 4 is 18.2 Å². The summed E-state index contributed by atoms with van der Waals surface area (Å²) in [5, 5.41) is 11.1. The molecule has 8 nitrogen and oxygen atoms in total. The van der Waals surface area contributed by atoms with Gasteiger partial charge in [0.15, 0.2) is 5.82 Å². The molecule has 1 aromatic heterocycles. The zero-order valence-corrected chi connectivity index (χ0v) is 23.0. The monoisotopic (exact) mass is 505 g/mol. The molecule has 1 atom stereocenters. The first-order valence-electron chi connectivity index (χ1n) is 11.5. The van der Waals surface area contributed by atoms with Gasteiger partial charge in [-0.2, -0.15) is 0 Å². The summed E-state index contributed by atoms with van der Waals surface area (Å²) < 4.78 is 7.04. The Morgan fingerprint density at radius 3 is 2.11 bits per heavy atom. The van der Waals surface area contributed by atoms with Gasteiger partial charge in [-0.3, -0.25) is 11.6 Å². The van der Waals surface area contributed by atoms with Crippen LogP contribution in [0.4, 0.5) is 10.6 Å². The standard InChI is InChI=1S/C28H25N4O3.Na.H2O/c1-19(20-6-4-3-5-7-20)35-27(34)29-26-25(30-31-32(26)2)23-10-8-21(9-11-23)22-12-14-24(15-13-22)28(18-33)16-17-28;;/h3-15,19H,16-17H2,1-2H3,(H,29,34);;1H2/q-1;+1;/p-1/t19-;;/m1../s1. The van der Waals surface area contributed by atoms with E-state index in [0.29, 0.717) is 11.5 Å². The summed E-state index contributed by atoms with van der Waals surface area (Å²) in [5.74, 6) is 0.451. The maximum atomic E-state index is 12.6.